The van der Waals surface area contributed by atoms with Crippen molar-refractivity contribution in [1.82, 2.24) is 0 Å². The third-order valence-corrected chi connectivity index (χ3v) is 6.01. The second-order valence-electron chi connectivity index (χ2n) is 7.28. The lowest BCUT2D eigenvalue weighted by Gasteiger charge is -2.65. The number of rotatable bonds is 1. The van der Waals surface area contributed by atoms with Crippen LogP contribution in [0.2, 0.25) is 0 Å². The topological polar surface area (TPSA) is 49.9 Å². The fraction of sp³-hybridized carbons (Fsp3) is 0.923. The summed E-state index contributed by atoms with van der Waals surface area (Å²) in [6.07, 6.45) is 8.12. The first-order valence-corrected chi connectivity index (χ1v) is 7.17. The molecule has 0 aliphatic heterocycles. The Morgan fingerprint density at radius 3 is 2.06 bits per heavy atom. The predicted octanol–water partition coefficient (Wildman–Crippen LogP) is 3.94. The number of nitrogens with one attached hydrogen (secondary N) is 1. The Hall–Kier alpha value is 0.300. The maximum atomic E-state index is 7.60. The Bertz CT molecular complexity index is 339. The molecule has 0 amide bonds. The molecule has 2 nitrogen and oxygen atoms in total. The highest BCUT2D eigenvalue weighted by molar-refractivity contribution is 8.93. The Balaban J connectivity index is 0.00000108. The predicted molar refractivity (Wildman–Crippen MR) is 80.0 cm³/mol. The van der Waals surface area contributed by atoms with Gasteiger partial charge in [0.1, 0.15) is 0 Å². The van der Waals surface area contributed by atoms with Crippen LogP contribution < -0.4 is 5.73 Å². The van der Waals surface area contributed by atoms with Gasteiger partial charge in [-0.05, 0) is 55.3 Å². The molecule has 0 aromatic heterocycles. The van der Waals surface area contributed by atoms with E-state index in [9.17, 15) is 0 Å². The first-order chi connectivity index (χ1) is 7.32. The molecule has 0 heterocycles. The average molecular weight is 319 g/mol. The number of amidine groups is 1. The summed E-state index contributed by atoms with van der Waals surface area (Å²) in [5.74, 6) is 0.901. The summed E-state index contributed by atoms with van der Waals surface area (Å²) in [5, 5.41) is 7.93. The van der Waals surface area contributed by atoms with Crippen LogP contribution in [0.25, 0.3) is 0 Å². The highest BCUT2D eigenvalue weighted by Gasteiger charge is 2.60. The summed E-state index contributed by atoms with van der Waals surface area (Å²) in [5.41, 5.74) is 6.72. The lowest BCUT2D eigenvalue weighted by Crippen LogP contribution is -2.57. The van der Waals surface area contributed by atoms with Crippen LogP contribution in [0.4, 0.5) is 0 Å². The smallest absolute Gasteiger partial charge is 0.151 e. The minimum absolute atomic E-state index is 0. The largest absolute Gasteiger partial charge is 0.379 e. The van der Waals surface area contributed by atoms with Crippen molar-refractivity contribution in [2.24, 2.45) is 22.5 Å². The highest BCUT2D eigenvalue weighted by Crippen LogP contribution is 2.69. The Kier molecular flexibility index (Phi) is 3.14. The van der Waals surface area contributed by atoms with Gasteiger partial charge in [-0.25, -0.2) is 0 Å². The van der Waals surface area contributed by atoms with E-state index in [-0.39, 0.29) is 17.0 Å². The summed E-state index contributed by atoms with van der Waals surface area (Å²) in [6, 6.07) is 0. The van der Waals surface area contributed by atoms with Crippen molar-refractivity contribution in [2.75, 3.05) is 0 Å². The van der Waals surface area contributed by atoms with Crippen molar-refractivity contribution >= 4 is 33.9 Å². The second kappa shape index (κ2) is 3.89. The summed E-state index contributed by atoms with van der Waals surface area (Å²) < 4.78 is 0.314. The van der Waals surface area contributed by atoms with E-state index in [1.54, 1.807) is 11.8 Å². The minimum Gasteiger partial charge on any atom is -0.379 e. The van der Waals surface area contributed by atoms with Gasteiger partial charge in [0.2, 0.25) is 0 Å². The third kappa shape index (κ3) is 2.27. The van der Waals surface area contributed by atoms with Gasteiger partial charge in [-0.15, -0.1) is 17.0 Å². The molecule has 4 heteroatoms. The zero-order valence-corrected chi connectivity index (χ0v) is 13.2. The zero-order chi connectivity index (χ0) is 11.6. The molecule has 0 spiro atoms. The third-order valence-electron chi connectivity index (χ3n) is 4.90. The molecule has 4 saturated carbocycles. The number of hydrogen-bond donors (Lipinski definition) is 2. The molecular weight excluding hydrogens is 296 g/mol. The minimum atomic E-state index is 0. The first kappa shape index (κ1) is 13.7. The van der Waals surface area contributed by atoms with E-state index >= 15 is 0 Å². The standard InChI is InChI=1S/C13H22N2S.BrH/c1-11-3-9-4-12(2,6-11)8-13(5-9,7-11)16-10(14)15;/h9H,3-8H2,1-2H3,(H3,14,15);1H. The quantitative estimate of drug-likeness (QED) is 0.568. The van der Waals surface area contributed by atoms with Crippen LogP contribution in [0.1, 0.15) is 52.4 Å². The van der Waals surface area contributed by atoms with Crippen molar-refractivity contribution in [2.45, 2.75) is 57.1 Å². The van der Waals surface area contributed by atoms with Gasteiger partial charge in [-0.2, -0.15) is 0 Å². The molecule has 0 saturated heterocycles. The summed E-state index contributed by atoms with van der Waals surface area (Å²) in [6.45, 7) is 4.93. The molecule has 2 atom stereocenters. The van der Waals surface area contributed by atoms with E-state index in [1.165, 1.54) is 38.5 Å². The Morgan fingerprint density at radius 1 is 1.12 bits per heavy atom. The summed E-state index contributed by atoms with van der Waals surface area (Å²) in [7, 11) is 0. The Morgan fingerprint density at radius 2 is 1.65 bits per heavy atom. The van der Waals surface area contributed by atoms with Crippen LogP contribution in [0, 0.1) is 22.2 Å². The van der Waals surface area contributed by atoms with E-state index < -0.39 is 0 Å². The number of nitrogens with two attached hydrogens (primary N) is 1. The van der Waals surface area contributed by atoms with Gasteiger partial charge in [-0.1, -0.05) is 25.6 Å². The molecule has 17 heavy (non-hydrogen) atoms. The average Bonchev–Trinajstić information content (AvgIpc) is 1.91. The van der Waals surface area contributed by atoms with Gasteiger partial charge in [0, 0.05) is 4.75 Å². The van der Waals surface area contributed by atoms with Crippen molar-refractivity contribution in [3.63, 3.8) is 0 Å². The second-order valence-corrected chi connectivity index (χ2v) is 8.79. The van der Waals surface area contributed by atoms with E-state index in [0.717, 1.165) is 5.92 Å². The molecule has 4 aliphatic carbocycles. The molecular formula is C13H23BrN2S. The lowest BCUT2D eigenvalue weighted by molar-refractivity contribution is -0.0774. The van der Waals surface area contributed by atoms with Crippen LogP contribution in [0.5, 0.6) is 0 Å². The number of halogens is 1. The molecule has 2 unspecified atom stereocenters. The van der Waals surface area contributed by atoms with E-state index in [2.05, 4.69) is 13.8 Å². The highest BCUT2D eigenvalue weighted by atomic mass is 79.9. The van der Waals surface area contributed by atoms with E-state index in [0.29, 0.717) is 20.7 Å². The molecule has 4 bridgehead atoms. The van der Waals surface area contributed by atoms with Crippen molar-refractivity contribution in [3.8, 4) is 0 Å². The van der Waals surface area contributed by atoms with Gasteiger partial charge in [0.15, 0.2) is 5.17 Å². The van der Waals surface area contributed by atoms with Crippen molar-refractivity contribution < 1.29 is 0 Å². The molecule has 4 fully saturated rings. The normalized spacial score (nSPS) is 51.1. The molecule has 4 rings (SSSR count). The number of thioether (sulfide) groups is 1. The van der Waals surface area contributed by atoms with E-state index in [4.69, 9.17) is 11.1 Å². The van der Waals surface area contributed by atoms with Crippen LogP contribution >= 0.6 is 28.7 Å². The zero-order valence-electron chi connectivity index (χ0n) is 10.7. The van der Waals surface area contributed by atoms with Gasteiger partial charge in [0.05, 0.1) is 0 Å². The molecule has 0 aromatic rings. The maximum Gasteiger partial charge on any atom is 0.151 e. The van der Waals surface area contributed by atoms with Crippen molar-refractivity contribution in [1.29, 1.82) is 5.41 Å². The summed E-state index contributed by atoms with van der Waals surface area (Å²) in [4.78, 5) is 0. The number of hydrogen-bond acceptors (Lipinski definition) is 2. The fourth-order valence-corrected chi connectivity index (χ4v) is 7.32. The molecule has 4 aliphatic rings. The molecule has 0 aromatic carbocycles. The Labute approximate surface area is 119 Å². The summed E-state index contributed by atoms with van der Waals surface area (Å²) >= 11 is 1.67. The molecule has 3 N–H and O–H groups in total. The SMILES string of the molecule is Br.CC12CC3CC(C)(C1)CC(SC(=N)N)(C3)C2. The fourth-order valence-electron chi connectivity index (χ4n) is 5.69. The monoisotopic (exact) mass is 318 g/mol. The van der Waals surface area contributed by atoms with E-state index in [1.807, 2.05) is 0 Å². The van der Waals surface area contributed by atoms with Crippen molar-refractivity contribution in [3.05, 3.63) is 0 Å². The lowest BCUT2D eigenvalue weighted by atomic mass is 9.45. The van der Waals surface area contributed by atoms with Crippen LogP contribution in [0.15, 0.2) is 0 Å². The molecule has 98 valence electrons. The van der Waals surface area contributed by atoms with Crippen LogP contribution in [-0.2, 0) is 0 Å². The van der Waals surface area contributed by atoms with Crippen LogP contribution in [0.3, 0.4) is 0 Å². The van der Waals surface area contributed by atoms with Gasteiger partial charge in [-0.3, -0.25) is 5.41 Å². The maximum absolute atomic E-state index is 7.60. The van der Waals surface area contributed by atoms with Gasteiger partial charge in [0.25, 0.3) is 0 Å². The van der Waals surface area contributed by atoms with Gasteiger partial charge < -0.3 is 5.73 Å². The first-order valence-electron chi connectivity index (χ1n) is 6.35. The van der Waals surface area contributed by atoms with Crippen LogP contribution in [-0.4, -0.2) is 9.91 Å². The molecule has 0 radical (unpaired) electrons. The van der Waals surface area contributed by atoms with Gasteiger partial charge >= 0.3 is 0 Å².